The first-order chi connectivity index (χ1) is 14.8. The highest BCUT2D eigenvalue weighted by Gasteiger charge is 2.25. The van der Waals surface area contributed by atoms with Crippen LogP contribution in [0.3, 0.4) is 0 Å². The lowest BCUT2D eigenvalue weighted by atomic mass is 9.97. The molecular weight excluding hydrogens is 410 g/mol. The van der Waals surface area contributed by atoms with Crippen molar-refractivity contribution in [2.24, 2.45) is 0 Å². The van der Waals surface area contributed by atoms with Crippen molar-refractivity contribution in [1.82, 2.24) is 5.32 Å². The van der Waals surface area contributed by atoms with E-state index < -0.39 is 12.0 Å². The van der Waals surface area contributed by atoms with E-state index >= 15 is 0 Å². The number of esters is 1. The van der Waals surface area contributed by atoms with Crippen molar-refractivity contribution in [3.63, 3.8) is 0 Å². The van der Waals surface area contributed by atoms with Crippen molar-refractivity contribution < 1.29 is 19.1 Å². The Morgan fingerprint density at radius 1 is 0.968 bits per heavy atom. The Balaban J connectivity index is 1.71. The zero-order chi connectivity index (χ0) is 22.4. The van der Waals surface area contributed by atoms with Gasteiger partial charge in [-0.25, -0.2) is 4.79 Å². The summed E-state index contributed by atoms with van der Waals surface area (Å²) in [7, 11) is 0. The van der Waals surface area contributed by atoms with E-state index in [-0.39, 0.29) is 24.7 Å². The van der Waals surface area contributed by atoms with Crippen LogP contribution in [0, 0.1) is 20.8 Å². The number of ether oxygens (including phenoxy) is 1. The zero-order valence-electron chi connectivity index (χ0n) is 17.8. The monoisotopic (exact) mass is 435 g/mol. The highest BCUT2D eigenvalue weighted by Crippen LogP contribution is 2.17. The van der Waals surface area contributed by atoms with Gasteiger partial charge in [-0.1, -0.05) is 54.1 Å². The van der Waals surface area contributed by atoms with E-state index in [1.54, 1.807) is 17.5 Å². The van der Waals surface area contributed by atoms with E-state index in [0.717, 1.165) is 22.3 Å². The number of nitrogens with one attached hydrogen (secondary N) is 1. The highest BCUT2D eigenvalue weighted by molar-refractivity contribution is 7.12. The van der Waals surface area contributed by atoms with E-state index in [1.165, 1.54) is 11.3 Å². The van der Waals surface area contributed by atoms with Gasteiger partial charge in [0.2, 0.25) is 5.78 Å². The number of amides is 1. The van der Waals surface area contributed by atoms with Crippen LogP contribution >= 0.6 is 11.3 Å². The SMILES string of the molecule is Cc1cc(C)c(C(=O)COC(=O)[C@@H](Cc2ccccc2)NC(=O)c2cccs2)c(C)c1. The summed E-state index contributed by atoms with van der Waals surface area (Å²) in [5.74, 6) is -1.24. The Morgan fingerprint density at radius 2 is 1.65 bits per heavy atom. The van der Waals surface area contributed by atoms with Gasteiger partial charge in [0.25, 0.3) is 5.91 Å². The number of Topliss-reactive ketones (excluding diaryl/α,β-unsaturated/α-hetero) is 1. The number of aryl methyl sites for hydroxylation is 3. The minimum Gasteiger partial charge on any atom is -0.456 e. The maximum Gasteiger partial charge on any atom is 0.329 e. The number of rotatable bonds is 8. The highest BCUT2D eigenvalue weighted by atomic mass is 32.1. The predicted molar refractivity (Wildman–Crippen MR) is 122 cm³/mol. The Bertz CT molecular complexity index is 1050. The summed E-state index contributed by atoms with van der Waals surface area (Å²) in [6, 6.07) is 15.8. The van der Waals surface area contributed by atoms with Gasteiger partial charge in [0.1, 0.15) is 6.04 Å². The molecule has 0 aliphatic carbocycles. The molecule has 3 aromatic rings. The number of thiophene rings is 1. The molecule has 31 heavy (non-hydrogen) atoms. The van der Waals surface area contributed by atoms with Crippen molar-refractivity contribution in [1.29, 1.82) is 0 Å². The van der Waals surface area contributed by atoms with Gasteiger partial charge in [-0.2, -0.15) is 0 Å². The Labute approximate surface area is 186 Å². The molecular formula is C25H25NO4S. The van der Waals surface area contributed by atoms with Crippen molar-refractivity contribution in [3.8, 4) is 0 Å². The first-order valence-electron chi connectivity index (χ1n) is 10.0. The average Bonchev–Trinajstić information content (AvgIpc) is 3.26. The van der Waals surface area contributed by atoms with Gasteiger partial charge in [-0.15, -0.1) is 11.3 Å². The van der Waals surface area contributed by atoms with Gasteiger partial charge in [0.15, 0.2) is 6.61 Å². The minimum absolute atomic E-state index is 0.258. The van der Waals surface area contributed by atoms with Gasteiger partial charge in [-0.3, -0.25) is 9.59 Å². The van der Waals surface area contributed by atoms with Gasteiger partial charge < -0.3 is 10.1 Å². The number of carbonyl (C=O) groups excluding carboxylic acids is 3. The van der Waals surface area contributed by atoms with Crippen LogP contribution in [0.15, 0.2) is 60.0 Å². The van der Waals surface area contributed by atoms with Crippen LogP contribution in [0.25, 0.3) is 0 Å². The summed E-state index contributed by atoms with van der Waals surface area (Å²) < 4.78 is 5.35. The van der Waals surface area contributed by atoms with Crippen LogP contribution in [-0.2, 0) is 16.0 Å². The number of benzene rings is 2. The van der Waals surface area contributed by atoms with Gasteiger partial charge in [-0.05, 0) is 48.9 Å². The zero-order valence-corrected chi connectivity index (χ0v) is 18.6. The fourth-order valence-corrected chi connectivity index (χ4v) is 4.24. The minimum atomic E-state index is -0.898. The molecule has 5 nitrogen and oxygen atoms in total. The predicted octanol–water partition coefficient (Wildman–Crippen LogP) is 4.44. The molecule has 3 rings (SSSR count). The van der Waals surface area contributed by atoms with E-state index in [1.807, 2.05) is 63.2 Å². The summed E-state index contributed by atoms with van der Waals surface area (Å²) in [4.78, 5) is 38.6. The fraction of sp³-hybridized carbons (Fsp3) is 0.240. The fourth-order valence-electron chi connectivity index (χ4n) is 3.61. The normalized spacial score (nSPS) is 11.6. The molecule has 0 bridgehead atoms. The smallest absolute Gasteiger partial charge is 0.329 e. The number of hydrogen-bond acceptors (Lipinski definition) is 5. The molecule has 1 aromatic heterocycles. The Morgan fingerprint density at radius 3 is 2.26 bits per heavy atom. The summed E-state index contributed by atoms with van der Waals surface area (Å²) in [5, 5.41) is 4.54. The molecule has 0 saturated heterocycles. The summed E-state index contributed by atoms with van der Waals surface area (Å²) in [6.07, 6.45) is 0.271. The second kappa shape index (κ2) is 10.2. The standard InChI is InChI=1S/C25H25NO4S/c1-16-12-17(2)23(18(3)13-16)21(27)15-30-25(29)20(14-19-8-5-4-6-9-19)26-24(28)22-10-7-11-31-22/h4-13,20H,14-15H2,1-3H3,(H,26,28)/t20-/m1/s1. The third kappa shape index (κ3) is 5.89. The lowest BCUT2D eigenvalue weighted by Crippen LogP contribution is -2.43. The summed E-state index contributed by atoms with van der Waals surface area (Å²) in [5.41, 5.74) is 4.23. The van der Waals surface area contributed by atoms with Gasteiger partial charge >= 0.3 is 5.97 Å². The summed E-state index contributed by atoms with van der Waals surface area (Å²) in [6.45, 7) is 5.34. The van der Waals surface area contributed by atoms with E-state index in [9.17, 15) is 14.4 Å². The molecule has 0 spiro atoms. The molecule has 1 atom stereocenters. The van der Waals surface area contributed by atoms with Crippen LogP contribution in [0.2, 0.25) is 0 Å². The Hall–Kier alpha value is -3.25. The largest absolute Gasteiger partial charge is 0.456 e. The topological polar surface area (TPSA) is 72.5 Å². The number of hydrogen-bond donors (Lipinski definition) is 1. The molecule has 0 saturated carbocycles. The third-order valence-corrected chi connectivity index (χ3v) is 5.79. The second-order valence-electron chi connectivity index (χ2n) is 7.50. The first-order valence-corrected chi connectivity index (χ1v) is 10.9. The second-order valence-corrected chi connectivity index (χ2v) is 8.45. The van der Waals surface area contributed by atoms with Crippen molar-refractivity contribution >= 4 is 29.0 Å². The summed E-state index contributed by atoms with van der Waals surface area (Å²) >= 11 is 1.29. The molecule has 1 amide bonds. The maximum absolute atomic E-state index is 12.8. The lowest BCUT2D eigenvalue weighted by molar-refractivity contribution is -0.144. The van der Waals surface area contributed by atoms with Crippen LogP contribution in [-0.4, -0.2) is 30.3 Å². The molecule has 0 aliphatic rings. The molecule has 0 fully saturated rings. The van der Waals surface area contributed by atoms with Crippen molar-refractivity contribution in [2.45, 2.75) is 33.2 Å². The van der Waals surface area contributed by atoms with E-state index in [0.29, 0.717) is 10.4 Å². The van der Waals surface area contributed by atoms with Gasteiger partial charge in [0.05, 0.1) is 4.88 Å². The molecule has 0 radical (unpaired) electrons. The van der Waals surface area contributed by atoms with Crippen molar-refractivity contribution in [2.75, 3.05) is 6.61 Å². The third-order valence-electron chi connectivity index (χ3n) is 4.92. The molecule has 6 heteroatoms. The van der Waals surface area contributed by atoms with Crippen LogP contribution in [0.5, 0.6) is 0 Å². The van der Waals surface area contributed by atoms with Crippen LogP contribution in [0.4, 0.5) is 0 Å². The maximum atomic E-state index is 12.8. The molecule has 0 aliphatic heterocycles. The number of ketones is 1. The number of carbonyl (C=O) groups is 3. The van der Waals surface area contributed by atoms with Crippen LogP contribution in [0.1, 0.15) is 42.3 Å². The lowest BCUT2D eigenvalue weighted by Gasteiger charge is -2.18. The first kappa shape index (κ1) is 22.4. The molecule has 1 heterocycles. The quantitative estimate of drug-likeness (QED) is 0.419. The van der Waals surface area contributed by atoms with E-state index in [4.69, 9.17) is 4.74 Å². The van der Waals surface area contributed by atoms with Gasteiger partial charge in [0, 0.05) is 12.0 Å². The molecule has 160 valence electrons. The van der Waals surface area contributed by atoms with Crippen molar-refractivity contribution in [3.05, 3.63) is 92.7 Å². The molecule has 1 N–H and O–H groups in total. The average molecular weight is 436 g/mol. The Kier molecular flexibility index (Phi) is 7.36. The van der Waals surface area contributed by atoms with E-state index in [2.05, 4.69) is 5.32 Å². The van der Waals surface area contributed by atoms with Crippen LogP contribution < -0.4 is 5.32 Å². The molecule has 2 aromatic carbocycles. The molecule has 0 unspecified atom stereocenters.